The highest BCUT2D eigenvalue weighted by Crippen LogP contribution is 2.25. The van der Waals surface area contributed by atoms with E-state index in [1.54, 1.807) is 30.3 Å². The summed E-state index contributed by atoms with van der Waals surface area (Å²) >= 11 is 1.48. The van der Waals surface area contributed by atoms with Crippen molar-refractivity contribution in [3.8, 4) is 0 Å². The third-order valence-corrected chi connectivity index (χ3v) is 6.99. The predicted octanol–water partition coefficient (Wildman–Crippen LogP) is 4.22. The molecule has 156 valence electrons. The van der Waals surface area contributed by atoms with Gasteiger partial charge in [-0.05, 0) is 47.2 Å². The Bertz CT molecular complexity index is 1090. The van der Waals surface area contributed by atoms with Gasteiger partial charge in [-0.2, -0.15) is 5.10 Å². The molecule has 0 fully saturated rings. The summed E-state index contributed by atoms with van der Waals surface area (Å²) in [7, 11) is -3.93. The van der Waals surface area contributed by atoms with E-state index in [2.05, 4.69) is 24.4 Å². The van der Waals surface area contributed by atoms with Crippen molar-refractivity contribution < 1.29 is 13.2 Å². The lowest BCUT2D eigenvalue weighted by atomic mass is 10.0. The second kappa shape index (κ2) is 9.69. The largest absolute Gasteiger partial charge is 0.271 e. The summed E-state index contributed by atoms with van der Waals surface area (Å²) < 4.78 is 27.6. The van der Waals surface area contributed by atoms with Crippen molar-refractivity contribution in [1.29, 1.82) is 0 Å². The Balaban J connectivity index is 1.86. The SMILES string of the molecule is CC(C)c1ccc(N(CC(=O)N/N=C\c2cccs2)S(=O)(=O)c2ccccc2)cc1. The molecule has 2 aromatic carbocycles. The summed E-state index contributed by atoms with van der Waals surface area (Å²) in [6.07, 6.45) is 1.52. The fourth-order valence-electron chi connectivity index (χ4n) is 2.76. The lowest BCUT2D eigenvalue weighted by Gasteiger charge is -2.24. The van der Waals surface area contributed by atoms with E-state index >= 15 is 0 Å². The zero-order chi connectivity index (χ0) is 21.6. The number of hydrazone groups is 1. The van der Waals surface area contributed by atoms with Crippen molar-refractivity contribution in [3.63, 3.8) is 0 Å². The maximum Gasteiger partial charge on any atom is 0.264 e. The summed E-state index contributed by atoms with van der Waals surface area (Å²) in [5, 5.41) is 5.82. The lowest BCUT2D eigenvalue weighted by molar-refractivity contribution is -0.119. The third kappa shape index (κ3) is 5.34. The van der Waals surface area contributed by atoms with Crippen molar-refractivity contribution in [3.05, 3.63) is 82.6 Å². The van der Waals surface area contributed by atoms with Gasteiger partial charge >= 0.3 is 0 Å². The van der Waals surface area contributed by atoms with Gasteiger partial charge in [0.05, 0.1) is 16.8 Å². The molecule has 0 spiro atoms. The van der Waals surface area contributed by atoms with Gasteiger partial charge in [-0.1, -0.05) is 50.2 Å². The number of nitrogens with one attached hydrogen (secondary N) is 1. The number of hydrogen-bond acceptors (Lipinski definition) is 5. The van der Waals surface area contributed by atoms with Crippen LogP contribution in [0, 0.1) is 0 Å². The fourth-order valence-corrected chi connectivity index (χ4v) is 4.79. The van der Waals surface area contributed by atoms with Crippen molar-refractivity contribution in [1.82, 2.24) is 5.43 Å². The number of amides is 1. The summed E-state index contributed by atoms with van der Waals surface area (Å²) in [5.74, 6) is -0.219. The second-order valence-electron chi connectivity index (χ2n) is 6.88. The molecular formula is C22H23N3O3S2. The number of benzene rings is 2. The number of nitrogens with zero attached hydrogens (tertiary/aromatic N) is 2. The van der Waals surface area contributed by atoms with Crippen LogP contribution in [0.2, 0.25) is 0 Å². The summed E-state index contributed by atoms with van der Waals surface area (Å²) in [6.45, 7) is 3.74. The molecule has 3 rings (SSSR count). The molecule has 1 N–H and O–H groups in total. The van der Waals surface area contributed by atoms with Crippen LogP contribution in [0.4, 0.5) is 5.69 Å². The van der Waals surface area contributed by atoms with Gasteiger partial charge in [0.15, 0.2) is 0 Å². The molecule has 6 nitrogen and oxygen atoms in total. The predicted molar refractivity (Wildman–Crippen MR) is 122 cm³/mol. The minimum atomic E-state index is -3.93. The first kappa shape index (κ1) is 21.7. The van der Waals surface area contributed by atoms with Crippen LogP contribution >= 0.6 is 11.3 Å². The third-order valence-electron chi connectivity index (χ3n) is 4.39. The van der Waals surface area contributed by atoms with Crippen LogP contribution in [0.3, 0.4) is 0 Å². The molecule has 0 aliphatic heterocycles. The summed E-state index contributed by atoms with van der Waals surface area (Å²) in [5.41, 5.74) is 3.91. The van der Waals surface area contributed by atoms with Crippen molar-refractivity contribution in [2.45, 2.75) is 24.7 Å². The number of carbonyl (C=O) groups is 1. The standard InChI is InChI=1S/C22H23N3O3S2/c1-17(2)18-10-12-19(13-11-18)25(30(27,28)21-8-4-3-5-9-21)16-22(26)24-23-15-20-7-6-14-29-20/h3-15,17H,16H2,1-2H3,(H,24,26)/b23-15-. The number of carbonyl (C=O) groups excluding carboxylic acids is 1. The summed E-state index contributed by atoms with van der Waals surface area (Å²) in [4.78, 5) is 13.5. The van der Waals surface area contributed by atoms with Crippen LogP contribution in [-0.2, 0) is 14.8 Å². The fraction of sp³-hybridized carbons (Fsp3) is 0.182. The zero-order valence-electron chi connectivity index (χ0n) is 16.7. The molecule has 1 amide bonds. The van der Waals surface area contributed by atoms with Crippen molar-refractivity contribution >= 4 is 39.2 Å². The Hall–Kier alpha value is -2.97. The van der Waals surface area contributed by atoms with Gasteiger partial charge in [-0.3, -0.25) is 9.10 Å². The Morgan fingerprint density at radius 1 is 1.07 bits per heavy atom. The monoisotopic (exact) mass is 441 g/mol. The molecule has 3 aromatic rings. The van der Waals surface area contributed by atoms with Gasteiger partial charge in [-0.25, -0.2) is 13.8 Å². The van der Waals surface area contributed by atoms with Gasteiger partial charge in [0, 0.05) is 4.88 Å². The van der Waals surface area contributed by atoms with E-state index in [0.717, 1.165) is 14.7 Å². The second-order valence-corrected chi connectivity index (χ2v) is 9.72. The quantitative estimate of drug-likeness (QED) is 0.420. The highest BCUT2D eigenvalue weighted by Gasteiger charge is 2.27. The molecule has 0 bridgehead atoms. The number of thiophene rings is 1. The number of anilines is 1. The highest BCUT2D eigenvalue weighted by atomic mass is 32.2. The number of sulfonamides is 1. The highest BCUT2D eigenvalue weighted by molar-refractivity contribution is 7.92. The minimum Gasteiger partial charge on any atom is -0.271 e. The number of rotatable bonds is 8. The maximum atomic E-state index is 13.3. The van der Waals surface area contributed by atoms with Crippen LogP contribution in [0.15, 0.2) is 82.1 Å². The Kier molecular flexibility index (Phi) is 7.02. The normalized spacial score (nSPS) is 11.7. The first-order valence-electron chi connectivity index (χ1n) is 9.41. The Labute approximate surface area is 180 Å². The molecule has 0 saturated heterocycles. The van der Waals surface area contributed by atoms with E-state index in [1.807, 2.05) is 29.6 Å². The van der Waals surface area contributed by atoms with Crippen molar-refractivity contribution in [2.24, 2.45) is 5.10 Å². The molecule has 0 radical (unpaired) electrons. The minimum absolute atomic E-state index is 0.118. The molecule has 1 aromatic heterocycles. The van der Waals surface area contributed by atoms with Crippen LogP contribution in [-0.4, -0.2) is 27.1 Å². The van der Waals surface area contributed by atoms with Crippen molar-refractivity contribution in [2.75, 3.05) is 10.8 Å². The average Bonchev–Trinajstić information content (AvgIpc) is 3.26. The lowest BCUT2D eigenvalue weighted by Crippen LogP contribution is -2.39. The van der Waals surface area contributed by atoms with Crippen LogP contribution in [0.25, 0.3) is 0 Å². The Morgan fingerprint density at radius 3 is 2.37 bits per heavy atom. The smallest absolute Gasteiger partial charge is 0.264 e. The molecule has 0 aliphatic carbocycles. The first-order chi connectivity index (χ1) is 14.4. The topological polar surface area (TPSA) is 78.8 Å². The van der Waals surface area contributed by atoms with Crippen LogP contribution < -0.4 is 9.73 Å². The molecule has 30 heavy (non-hydrogen) atoms. The number of hydrogen-bond donors (Lipinski definition) is 1. The molecule has 0 saturated carbocycles. The van der Waals surface area contributed by atoms with Crippen LogP contribution in [0.1, 0.15) is 30.2 Å². The van der Waals surface area contributed by atoms with E-state index in [-0.39, 0.29) is 11.4 Å². The van der Waals surface area contributed by atoms with Gasteiger partial charge in [0.25, 0.3) is 15.9 Å². The van der Waals surface area contributed by atoms with E-state index in [4.69, 9.17) is 0 Å². The molecule has 0 aliphatic rings. The zero-order valence-corrected chi connectivity index (χ0v) is 18.4. The molecule has 0 unspecified atom stereocenters. The van der Waals surface area contributed by atoms with Gasteiger partial charge in [0.2, 0.25) is 0 Å². The summed E-state index contributed by atoms with van der Waals surface area (Å²) in [6, 6.07) is 19.0. The Morgan fingerprint density at radius 2 is 1.77 bits per heavy atom. The van der Waals surface area contributed by atoms with Gasteiger partial charge in [0.1, 0.15) is 6.54 Å². The van der Waals surface area contributed by atoms with Gasteiger partial charge < -0.3 is 0 Å². The molecule has 1 heterocycles. The van der Waals surface area contributed by atoms with E-state index in [0.29, 0.717) is 11.6 Å². The molecule has 8 heteroatoms. The molecule has 0 atom stereocenters. The maximum absolute atomic E-state index is 13.3. The van der Waals surface area contributed by atoms with E-state index in [9.17, 15) is 13.2 Å². The van der Waals surface area contributed by atoms with Crippen LogP contribution in [0.5, 0.6) is 0 Å². The van der Waals surface area contributed by atoms with Gasteiger partial charge in [-0.15, -0.1) is 11.3 Å². The average molecular weight is 442 g/mol. The molecular weight excluding hydrogens is 418 g/mol. The van der Waals surface area contributed by atoms with E-state index < -0.39 is 15.9 Å². The van der Waals surface area contributed by atoms with E-state index in [1.165, 1.54) is 29.7 Å². The first-order valence-corrected chi connectivity index (χ1v) is 11.7.